The molecule has 0 heterocycles. The number of hydrogen-bond acceptors (Lipinski definition) is 2. The number of rotatable bonds is 3. The lowest BCUT2D eigenvalue weighted by molar-refractivity contribution is 0.0471. The average Bonchev–Trinajstić information content (AvgIpc) is 2.38. The molecule has 0 aromatic heterocycles. The zero-order valence-electron chi connectivity index (χ0n) is 9.40. The van der Waals surface area contributed by atoms with Crippen LogP contribution in [0.2, 0.25) is 0 Å². The Balaban J connectivity index is 2.01. The maximum Gasteiger partial charge on any atom is 0.339 e. The van der Waals surface area contributed by atoms with Crippen LogP contribution in [0.1, 0.15) is 15.9 Å². The molecule has 0 N–H and O–H groups in total. The SMILES string of the molecule is O=C(OCc1ccc(F)cc1)c1ccccc1I. The Kier molecular flexibility index (Phi) is 4.30. The fourth-order valence-electron chi connectivity index (χ4n) is 1.43. The van der Waals surface area contributed by atoms with Crippen LogP contribution in [-0.2, 0) is 11.3 Å². The molecule has 0 fully saturated rings. The van der Waals surface area contributed by atoms with E-state index in [2.05, 4.69) is 22.6 Å². The number of esters is 1. The van der Waals surface area contributed by atoms with Gasteiger partial charge in [-0.25, -0.2) is 9.18 Å². The number of ether oxygens (including phenoxy) is 1. The van der Waals surface area contributed by atoms with Gasteiger partial charge >= 0.3 is 5.97 Å². The van der Waals surface area contributed by atoms with Crippen molar-refractivity contribution in [3.05, 3.63) is 69.0 Å². The van der Waals surface area contributed by atoms with Crippen LogP contribution >= 0.6 is 22.6 Å². The molecule has 2 rings (SSSR count). The molecule has 0 aliphatic heterocycles. The normalized spacial score (nSPS) is 10.1. The summed E-state index contributed by atoms with van der Waals surface area (Å²) in [5, 5.41) is 0. The Hall–Kier alpha value is -1.43. The van der Waals surface area contributed by atoms with Gasteiger partial charge in [-0.1, -0.05) is 24.3 Å². The lowest BCUT2D eigenvalue weighted by Gasteiger charge is -2.06. The second kappa shape index (κ2) is 5.95. The highest BCUT2D eigenvalue weighted by molar-refractivity contribution is 14.1. The molecule has 0 bridgehead atoms. The summed E-state index contributed by atoms with van der Waals surface area (Å²) in [4.78, 5) is 11.8. The van der Waals surface area contributed by atoms with Crippen molar-refractivity contribution in [2.75, 3.05) is 0 Å². The third kappa shape index (κ3) is 3.29. The number of carbonyl (C=O) groups is 1. The van der Waals surface area contributed by atoms with Gasteiger partial charge in [0, 0.05) is 3.57 Å². The summed E-state index contributed by atoms with van der Waals surface area (Å²) in [5.74, 6) is -0.674. The van der Waals surface area contributed by atoms with Gasteiger partial charge < -0.3 is 4.74 Å². The van der Waals surface area contributed by atoms with Gasteiger partial charge in [-0.15, -0.1) is 0 Å². The van der Waals surface area contributed by atoms with Crippen LogP contribution in [0, 0.1) is 9.39 Å². The van der Waals surface area contributed by atoms with E-state index in [1.165, 1.54) is 12.1 Å². The van der Waals surface area contributed by atoms with E-state index in [-0.39, 0.29) is 18.4 Å². The molecule has 0 aliphatic rings. The van der Waals surface area contributed by atoms with Crippen molar-refractivity contribution in [2.24, 2.45) is 0 Å². The standard InChI is InChI=1S/C14H10FIO2/c15-11-7-5-10(6-8-11)9-18-14(17)12-3-1-2-4-13(12)16/h1-8H,9H2. The van der Waals surface area contributed by atoms with Gasteiger partial charge in [0.25, 0.3) is 0 Å². The molecule has 0 unspecified atom stereocenters. The van der Waals surface area contributed by atoms with Gasteiger partial charge in [0.2, 0.25) is 0 Å². The molecule has 0 saturated heterocycles. The molecule has 2 nitrogen and oxygen atoms in total. The van der Waals surface area contributed by atoms with E-state index in [0.717, 1.165) is 9.13 Å². The Morgan fingerprint density at radius 2 is 1.78 bits per heavy atom. The van der Waals surface area contributed by atoms with Crippen LogP contribution < -0.4 is 0 Å². The molecule has 4 heteroatoms. The summed E-state index contributed by atoms with van der Waals surface area (Å²) in [6, 6.07) is 13.1. The van der Waals surface area contributed by atoms with E-state index in [1.54, 1.807) is 24.3 Å². The van der Waals surface area contributed by atoms with Gasteiger partial charge in [0.15, 0.2) is 0 Å². The maximum absolute atomic E-state index is 12.7. The first-order valence-corrected chi connectivity index (χ1v) is 6.41. The van der Waals surface area contributed by atoms with Gasteiger partial charge in [0.05, 0.1) is 5.56 Å². The number of hydrogen-bond donors (Lipinski definition) is 0. The maximum atomic E-state index is 12.7. The van der Waals surface area contributed by atoms with Gasteiger partial charge in [0.1, 0.15) is 12.4 Å². The van der Waals surface area contributed by atoms with E-state index < -0.39 is 0 Å². The molecule has 18 heavy (non-hydrogen) atoms. The summed E-state index contributed by atoms with van der Waals surface area (Å²) < 4.78 is 18.7. The van der Waals surface area contributed by atoms with Crippen LogP contribution in [0.4, 0.5) is 4.39 Å². The lowest BCUT2D eigenvalue weighted by Crippen LogP contribution is -2.06. The first-order chi connectivity index (χ1) is 8.66. The fraction of sp³-hybridized carbons (Fsp3) is 0.0714. The second-order valence-electron chi connectivity index (χ2n) is 3.68. The molecular weight excluding hydrogens is 346 g/mol. The van der Waals surface area contributed by atoms with Gasteiger partial charge in [-0.3, -0.25) is 0 Å². The average molecular weight is 356 g/mol. The summed E-state index contributed by atoms with van der Waals surface area (Å²) >= 11 is 2.08. The fourth-order valence-corrected chi connectivity index (χ4v) is 2.04. The highest BCUT2D eigenvalue weighted by Gasteiger charge is 2.10. The van der Waals surface area contributed by atoms with E-state index in [4.69, 9.17) is 4.74 Å². The van der Waals surface area contributed by atoms with Crippen molar-refractivity contribution in [2.45, 2.75) is 6.61 Å². The quantitative estimate of drug-likeness (QED) is 0.618. The minimum absolute atomic E-state index is 0.143. The second-order valence-corrected chi connectivity index (χ2v) is 4.84. The zero-order chi connectivity index (χ0) is 13.0. The zero-order valence-corrected chi connectivity index (χ0v) is 11.6. The van der Waals surface area contributed by atoms with Crippen molar-refractivity contribution in [1.29, 1.82) is 0 Å². The molecule has 0 radical (unpaired) electrons. The minimum Gasteiger partial charge on any atom is -0.457 e. The third-order valence-electron chi connectivity index (χ3n) is 2.38. The van der Waals surface area contributed by atoms with Crippen LogP contribution in [0.15, 0.2) is 48.5 Å². The molecular formula is C14H10FIO2. The summed E-state index contributed by atoms with van der Waals surface area (Å²) in [5.41, 5.74) is 1.30. The van der Waals surface area contributed by atoms with Crippen LogP contribution in [0.3, 0.4) is 0 Å². The van der Waals surface area contributed by atoms with Crippen molar-refractivity contribution < 1.29 is 13.9 Å². The molecule has 0 atom stereocenters. The van der Waals surface area contributed by atoms with E-state index in [1.807, 2.05) is 12.1 Å². The van der Waals surface area contributed by atoms with Crippen molar-refractivity contribution in [3.8, 4) is 0 Å². The molecule has 2 aromatic rings. The largest absolute Gasteiger partial charge is 0.457 e. The lowest BCUT2D eigenvalue weighted by atomic mass is 10.2. The van der Waals surface area contributed by atoms with E-state index in [0.29, 0.717) is 5.56 Å². The van der Waals surface area contributed by atoms with E-state index in [9.17, 15) is 9.18 Å². The van der Waals surface area contributed by atoms with Crippen molar-refractivity contribution in [1.82, 2.24) is 0 Å². The first-order valence-electron chi connectivity index (χ1n) is 5.33. The van der Waals surface area contributed by atoms with E-state index >= 15 is 0 Å². The Bertz CT molecular complexity index is 552. The summed E-state index contributed by atoms with van der Waals surface area (Å²) in [6.45, 7) is 0.143. The number of carbonyl (C=O) groups excluding carboxylic acids is 1. The molecule has 0 spiro atoms. The monoisotopic (exact) mass is 356 g/mol. The predicted molar refractivity (Wildman–Crippen MR) is 74.7 cm³/mol. The van der Waals surface area contributed by atoms with Crippen molar-refractivity contribution >= 4 is 28.6 Å². The molecule has 0 aliphatic carbocycles. The minimum atomic E-state index is -0.371. The van der Waals surface area contributed by atoms with Crippen molar-refractivity contribution in [3.63, 3.8) is 0 Å². The van der Waals surface area contributed by atoms with Crippen LogP contribution in [0.5, 0.6) is 0 Å². The number of benzene rings is 2. The van der Waals surface area contributed by atoms with Crippen LogP contribution in [-0.4, -0.2) is 5.97 Å². The Morgan fingerprint density at radius 1 is 1.11 bits per heavy atom. The molecule has 0 saturated carbocycles. The predicted octanol–water partition coefficient (Wildman–Crippen LogP) is 3.79. The Morgan fingerprint density at radius 3 is 2.44 bits per heavy atom. The first kappa shape index (κ1) is 13.0. The van der Waals surface area contributed by atoms with Gasteiger partial charge in [-0.05, 0) is 52.4 Å². The molecule has 92 valence electrons. The molecule has 2 aromatic carbocycles. The summed E-state index contributed by atoms with van der Waals surface area (Å²) in [6.07, 6.45) is 0. The highest BCUT2D eigenvalue weighted by atomic mass is 127. The highest BCUT2D eigenvalue weighted by Crippen LogP contribution is 2.13. The number of halogens is 2. The molecule has 0 amide bonds. The summed E-state index contributed by atoms with van der Waals surface area (Å²) in [7, 11) is 0. The Labute approximate surface area is 118 Å². The smallest absolute Gasteiger partial charge is 0.339 e. The van der Waals surface area contributed by atoms with Crippen LogP contribution in [0.25, 0.3) is 0 Å². The third-order valence-corrected chi connectivity index (χ3v) is 3.32. The topological polar surface area (TPSA) is 26.3 Å². The van der Waals surface area contributed by atoms with Gasteiger partial charge in [-0.2, -0.15) is 0 Å².